The van der Waals surface area contributed by atoms with Crippen LogP contribution in [0.3, 0.4) is 0 Å². The molecule has 0 amide bonds. The fourth-order valence-electron chi connectivity index (χ4n) is 4.93. The van der Waals surface area contributed by atoms with E-state index in [0.717, 1.165) is 39.2 Å². The molecule has 1 fully saturated rings. The van der Waals surface area contributed by atoms with Crippen LogP contribution < -0.4 is 0 Å². The van der Waals surface area contributed by atoms with E-state index >= 15 is 0 Å². The average molecular weight is 405 g/mol. The van der Waals surface area contributed by atoms with Gasteiger partial charge in [-0.1, -0.05) is 61.7 Å². The van der Waals surface area contributed by atoms with E-state index in [-0.39, 0.29) is 0 Å². The highest BCUT2D eigenvalue weighted by Crippen LogP contribution is 2.34. The molecule has 4 nitrogen and oxygen atoms in total. The second-order valence-electron chi connectivity index (χ2n) is 8.50. The predicted molar refractivity (Wildman–Crippen MR) is 125 cm³/mol. The maximum absolute atomic E-state index is 4.79. The number of hydrogen-bond acceptors (Lipinski definition) is 3. The number of nitrogens with zero attached hydrogens (tertiary/aromatic N) is 4. The summed E-state index contributed by atoms with van der Waals surface area (Å²) in [6, 6.07) is 19.3. The Morgan fingerprint density at radius 2 is 1.58 bits per heavy atom. The lowest BCUT2D eigenvalue weighted by molar-refractivity contribution is 0.443. The van der Waals surface area contributed by atoms with Gasteiger partial charge < -0.3 is 0 Å². The Balaban J connectivity index is 1.36. The van der Waals surface area contributed by atoms with Crippen LogP contribution in [0.15, 0.2) is 79.4 Å². The van der Waals surface area contributed by atoms with E-state index < -0.39 is 0 Å². The minimum atomic E-state index is 0.729. The Bertz CT molecular complexity index is 1360. The number of pyridine rings is 1. The normalized spacial score (nSPS) is 15.0. The summed E-state index contributed by atoms with van der Waals surface area (Å²) < 4.78 is 1.88. The van der Waals surface area contributed by atoms with Crippen LogP contribution in [0, 0.1) is 0 Å². The van der Waals surface area contributed by atoms with Crippen molar-refractivity contribution in [2.75, 3.05) is 0 Å². The minimum absolute atomic E-state index is 0.729. The number of fused-ring (bicyclic) bond motifs is 2. The molecule has 5 aromatic rings. The molecule has 0 atom stereocenters. The van der Waals surface area contributed by atoms with Crippen molar-refractivity contribution in [3.8, 4) is 22.3 Å². The molecule has 3 heterocycles. The maximum atomic E-state index is 4.79. The zero-order valence-electron chi connectivity index (χ0n) is 17.4. The summed E-state index contributed by atoms with van der Waals surface area (Å²) in [7, 11) is 0. The zero-order valence-corrected chi connectivity index (χ0v) is 17.4. The van der Waals surface area contributed by atoms with Gasteiger partial charge in [0, 0.05) is 35.1 Å². The highest BCUT2D eigenvalue weighted by Gasteiger charge is 2.16. The molecular weight excluding hydrogens is 380 g/mol. The van der Waals surface area contributed by atoms with Gasteiger partial charge in [0.25, 0.3) is 0 Å². The van der Waals surface area contributed by atoms with E-state index in [0.29, 0.717) is 0 Å². The number of benzene rings is 2. The second kappa shape index (κ2) is 7.62. The lowest BCUT2D eigenvalue weighted by Crippen LogP contribution is -2.04. The van der Waals surface area contributed by atoms with Crippen LogP contribution in [0.4, 0.5) is 0 Å². The Hall–Kier alpha value is -3.53. The zero-order chi connectivity index (χ0) is 20.6. The van der Waals surface area contributed by atoms with Gasteiger partial charge in [-0.25, -0.2) is 9.50 Å². The molecular formula is C27H24N4. The third kappa shape index (κ3) is 3.28. The molecule has 2 aromatic carbocycles. The summed E-state index contributed by atoms with van der Waals surface area (Å²) >= 11 is 0. The van der Waals surface area contributed by atoms with Gasteiger partial charge in [0.1, 0.15) is 0 Å². The third-order valence-corrected chi connectivity index (χ3v) is 6.62. The number of para-hydroxylation sites is 1. The summed E-state index contributed by atoms with van der Waals surface area (Å²) in [5.74, 6) is 0.729. The Labute approximate surface area is 181 Å². The SMILES string of the molecule is c1ccc2c(-c3cnn4cc(-c5ccc(C6CCCCC6)cc5)cnc34)ccnc2c1. The Kier molecular flexibility index (Phi) is 4.49. The first-order valence-electron chi connectivity index (χ1n) is 11.1. The van der Waals surface area contributed by atoms with E-state index in [1.165, 1.54) is 43.2 Å². The molecule has 6 rings (SSSR count). The maximum Gasteiger partial charge on any atom is 0.162 e. The molecule has 0 unspecified atom stereocenters. The first-order chi connectivity index (χ1) is 15.4. The number of hydrogen-bond donors (Lipinski definition) is 0. The highest BCUT2D eigenvalue weighted by atomic mass is 15.2. The van der Waals surface area contributed by atoms with E-state index in [1.807, 2.05) is 47.4 Å². The molecule has 0 aliphatic heterocycles. The van der Waals surface area contributed by atoms with Crippen LogP contribution in [0.5, 0.6) is 0 Å². The van der Waals surface area contributed by atoms with Crippen LogP contribution in [-0.4, -0.2) is 19.6 Å². The molecule has 1 aliphatic rings. The van der Waals surface area contributed by atoms with Crippen molar-refractivity contribution in [1.82, 2.24) is 19.6 Å². The summed E-state index contributed by atoms with van der Waals surface area (Å²) in [6.45, 7) is 0. The fourth-order valence-corrected chi connectivity index (χ4v) is 4.93. The lowest BCUT2D eigenvalue weighted by Gasteiger charge is -2.22. The number of rotatable bonds is 3. The number of aromatic nitrogens is 4. The van der Waals surface area contributed by atoms with Crippen molar-refractivity contribution >= 4 is 16.6 Å². The highest BCUT2D eigenvalue weighted by molar-refractivity contribution is 5.97. The minimum Gasteiger partial charge on any atom is -0.256 e. The average Bonchev–Trinajstić information content (AvgIpc) is 3.27. The van der Waals surface area contributed by atoms with Crippen LogP contribution >= 0.6 is 0 Å². The van der Waals surface area contributed by atoms with E-state index in [9.17, 15) is 0 Å². The molecule has 0 bridgehead atoms. The van der Waals surface area contributed by atoms with Gasteiger partial charge in [-0.05, 0) is 47.6 Å². The van der Waals surface area contributed by atoms with Gasteiger partial charge in [0.2, 0.25) is 0 Å². The summed E-state index contributed by atoms with van der Waals surface area (Å²) in [4.78, 5) is 9.27. The van der Waals surface area contributed by atoms with Crippen LogP contribution in [0.2, 0.25) is 0 Å². The predicted octanol–water partition coefficient (Wildman–Crippen LogP) is 6.66. The smallest absolute Gasteiger partial charge is 0.162 e. The first kappa shape index (κ1) is 18.3. The second-order valence-corrected chi connectivity index (χ2v) is 8.50. The van der Waals surface area contributed by atoms with Crippen molar-refractivity contribution in [1.29, 1.82) is 0 Å². The summed E-state index contributed by atoms with van der Waals surface area (Å²) in [5, 5.41) is 5.73. The molecule has 0 saturated heterocycles. The summed E-state index contributed by atoms with van der Waals surface area (Å²) in [5.41, 5.74) is 7.71. The molecule has 1 aliphatic carbocycles. The quantitative estimate of drug-likeness (QED) is 0.338. The Morgan fingerprint density at radius 1 is 0.742 bits per heavy atom. The van der Waals surface area contributed by atoms with Crippen LogP contribution in [0.25, 0.3) is 38.8 Å². The van der Waals surface area contributed by atoms with Gasteiger partial charge in [-0.2, -0.15) is 5.10 Å². The van der Waals surface area contributed by atoms with Gasteiger partial charge in [0.05, 0.1) is 11.7 Å². The first-order valence-corrected chi connectivity index (χ1v) is 11.1. The van der Waals surface area contributed by atoms with Gasteiger partial charge in [0.15, 0.2) is 5.65 Å². The third-order valence-electron chi connectivity index (χ3n) is 6.62. The lowest BCUT2D eigenvalue weighted by atomic mass is 9.84. The Morgan fingerprint density at radius 3 is 2.45 bits per heavy atom. The molecule has 1 saturated carbocycles. The van der Waals surface area contributed by atoms with Gasteiger partial charge >= 0.3 is 0 Å². The molecule has 3 aromatic heterocycles. The van der Waals surface area contributed by atoms with E-state index in [1.54, 1.807) is 0 Å². The van der Waals surface area contributed by atoms with Gasteiger partial charge in [-0.3, -0.25) is 4.98 Å². The van der Waals surface area contributed by atoms with Crippen molar-refractivity contribution in [3.63, 3.8) is 0 Å². The summed E-state index contributed by atoms with van der Waals surface area (Å²) in [6.07, 6.45) is 14.6. The van der Waals surface area contributed by atoms with Gasteiger partial charge in [-0.15, -0.1) is 0 Å². The standard InChI is InChI=1S/C27H24N4/c1-2-6-19(7-3-1)20-10-12-21(13-11-20)22-16-29-27-25(17-30-31(27)18-22)23-14-15-28-26-9-5-4-8-24(23)26/h4-5,8-19H,1-3,6-7H2. The fraction of sp³-hybridized carbons (Fsp3) is 0.222. The van der Waals surface area contributed by atoms with Crippen molar-refractivity contribution < 1.29 is 0 Å². The van der Waals surface area contributed by atoms with Crippen LogP contribution in [-0.2, 0) is 0 Å². The monoisotopic (exact) mass is 404 g/mol. The van der Waals surface area contributed by atoms with Crippen molar-refractivity contribution in [3.05, 3.63) is 84.9 Å². The van der Waals surface area contributed by atoms with Crippen molar-refractivity contribution in [2.45, 2.75) is 38.0 Å². The topological polar surface area (TPSA) is 43.1 Å². The largest absolute Gasteiger partial charge is 0.256 e. The molecule has 31 heavy (non-hydrogen) atoms. The molecule has 4 heteroatoms. The van der Waals surface area contributed by atoms with E-state index in [2.05, 4.69) is 46.6 Å². The molecule has 0 spiro atoms. The molecule has 152 valence electrons. The molecule has 0 radical (unpaired) electrons. The van der Waals surface area contributed by atoms with Crippen molar-refractivity contribution in [2.24, 2.45) is 0 Å². The van der Waals surface area contributed by atoms with Crippen LogP contribution in [0.1, 0.15) is 43.6 Å². The molecule has 0 N–H and O–H groups in total. The van der Waals surface area contributed by atoms with E-state index in [4.69, 9.17) is 4.98 Å².